The maximum absolute atomic E-state index is 5.48. The molecule has 0 amide bonds. The molecule has 0 aromatic rings. The number of rotatable bonds is 7. The van der Waals surface area contributed by atoms with Crippen LogP contribution in [0.3, 0.4) is 0 Å². The van der Waals surface area contributed by atoms with E-state index in [0.717, 1.165) is 58.3 Å². The Morgan fingerprint density at radius 2 is 1.79 bits per heavy atom. The molecular formula is C18H39IN4O. The Kier molecular flexibility index (Phi) is 12.3. The van der Waals surface area contributed by atoms with Crippen molar-refractivity contribution in [2.75, 3.05) is 45.9 Å². The summed E-state index contributed by atoms with van der Waals surface area (Å²) in [5, 5.41) is 6.83. The molecule has 0 aromatic heterocycles. The zero-order valence-corrected chi connectivity index (χ0v) is 18.9. The van der Waals surface area contributed by atoms with Crippen LogP contribution in [0.2, 0.25) is 0 Å². The molecule has 2 N–H and O–H groups in total. The fourth-order valence-electron chi connectivity index (χ4n) is 2.74. The molecule has 0 aliphatic carbocycles. The third-order valence-electron chi connectivity index (χ3n) is 4.23. The third kappa shape index (κ3) is 10.0. The van der Waals surface area contributed by atoms with E-state index in [1.54, 1.807) is 0 Å². The molecule has 1 unspecified atom stereocenters. The molecular weight excluding hydrogens is 415 g/mol. The van der Waals surface area contributed by atoms with E-state index in [0.29, 0.717) is 17.4 Å². The predicted octanol–water partition coefficient (Wildman–Crippen LogP) is 2.95. The van der Waals surface area contributed by atoms with Gasteiger partial charge in [0.15, 0.2) is 5.96 Å². The first-order valence-corrected chi connectivity index (χ1v) is 9.17. The average molecular weight is 454 g/mol. The summed E-state index contributed by atoms with van der Waals surface area (Å²) in [4.78, 5) is 7.37. The highest BCUT2D eigenvalue weighted by Gasteiger charge is 2.23. The highest BCUT2D eigenvalue weighted by atomic mass is 127. The second-order valence-electron chi connectivity index (χ2n) is 7.92. The Balaban J connectivity index is 0.00000529. The maximum atomic E-state index is 5.48. The van der Waals surface area contributed by atoms with Gasteiger partial charge in [0.05, 0.1) is 19.8 Å². The monoisotopic (exact) mass is 454 g/mol. The highest BCUT2D eigenvalue weighted by Crippen LogP contribution is 2.17. The van der Waals surface area contributed by atoms with Crippen LogP contribution in [-0.2, 0) is 4.74 Å². The van der Waals surface area contributed by atoms with Crippen LogP contribution < -0.4 is 10.6 Å². The summed E-state index contributed by atoms with van der Waals surface area (Å²) in [5.74, 6) is 1.53. The minimum Gasteiger partial charge on any atom is -0.379 e. The predicted molar refractivity (Wildman–Crippen MR) is 114 cm³/mol. The van der Waals surface area contributed by atoms with Gasteiger partial charge in [0.2, 0.25) is 0 Å². The molecule has 1 rings (SSSR count). The van der Waals surface area contributed by atoms with Gasteiger partial charge in [-0.25, -0.2) is 0 Å². The number of hydrogen-bond acceptors (Lipinski definition) is 3. The van der Waals surface area contributed by atoms with Gasteiger partial charge in [-0.15, -0.1) is 24.0 Å². The van der Waals surface area contributed by atoms with Gasteiger partial charge >= 0.3 is 0 Å². The Morgan fingerprint density at radius 3 is 2.29 bits per heavy atom. The number of aliphatic imine (C=N–C) groups is 1. The van der Waals surface area contributed by atoms with Crippen molar-refractivity contribution in [1.82, 2.24) is 15.5 Å². The molecule has 1 heterocycles. The van der Waals surface area contributed by atoms with Gasteiger partial charge in [-0.05, 0) is 24.7 Å². The largest absolute Gasteiger partial charge is 0.379 e. The minimum absolute atomic E-state index is 0. The zero-order valence-electron chi connectivity index (χ0n) is 16.5. The van der Waals surface area contributed by atoms with E-state index in [4.69, 9.17) is 9.73 Å². The van der Waals surface area contributed by atoms with Crippen LogP contribution in [-0.4, -0.2) is 62.8 Å². The molecule has 0 bridgehead atoms. The Bertz CT molecular complexity index is 349. The van der Waals surface area contributed by atoms with Crippen molar-refractivity contribution in [3.8, 4) is 0 Å². The molecule has 1 aliphatic rings. The van der Waals surface area contributed by atoms with Crippen molar-refractivity contribution in [3.05, 3.63) is 0 Å². The van der Waals surface area contributed by atoms with Gasteiger partial charge < -0.3 is 15.4 Å². The van der Waals surface area contributed by atoms with Crippen LogP contribution in [0.5, 0.6) is 0 Å². The lowest BCUT2D eigenvalue weighted by Crippen LogP contribution is -2.48. The van der Waals surface area contributed by atoms with Crippen LogP contribution in [0, 0.1) is 11.3 Å². The number of morpholine rings is 1. The summed E-state index contributed by atoms with van der Waals surface area (Å²) in [7, 11) is 0. The first-order valence-electron chi connectivity index (χ1n) is 9.17. The molecule has 0 radical (unpaired) electrons. The van der Waals surface area contributed by atoms with E-state index >= 15 is 0 Å². The molecule has 24 heavy (non-hydrogen) atoms. The summed E-state index contributed by atoms with van der Waals surface area (Å²) in [6.45, 7) is 19.9. The topological polar surface area (TPSA) is 48.9 Å². The molecule has 1 aliphatic heterocycles. The lowest BCUT2D eigenvalue weighted by Gasteiger charge is -2.36. The SMILES string of the molecule is CCNC(=NCC(C(C)C)N1CCOCC1)NCCC(C)(C)C.I. The van der Waals surface area contributed by atoms with Gasteiger partial charge in [-0.3, -0.25) is 9.89 Å². The second-order valence-corrected chi connectivity index (χ2v) is 7.92. The Hall–Kier alpha value is -0.0800. The smallest absolute Gasteiger partial charge is 0.191 e. The van der Waals surface area contributed by atoms with Crippen LogP contribution in [0.4, 0.5) is 0 Å². The number of nitrogens with zero attached hydrogens (tertiary/aromatic N) is 2. The van der Waals surface area contributed by atoms with E-state index in [1.807, 2.05) is 0 Å². The van der Waals surface area contributed by atoms with Crippen molar-refractivity contribution in [2.24, 2.45) is 16.3 Å². The van der Waals surface area contributed by atoms with Crippen LogP contribution in [0.15, 0.2) is 4.99 Å². The maximum Gasteiger partial charge on any atom is 0.191 e. The number of halogens is 1. The Morgan fingerprint density at radius 1 is 1.17 bits per heavy atom. The van der Waals surface area contributed by atoms with Crippen molar-refractivity contribution in [2.45, 2.75) is 54.0 Å². The molecule has 5 nitrogen and oxygen atoms in total. The molecule has 0 aromatic carbocycles. The van der Waals surface area contributed by atoms with Crippen LogP contribution in [0.1, 0.15) is 48.0 Å². The van der Waals surface area contributed by atoms with E-state index in [1.165, 1.54) is 0 Å². The number of nitrogens with one attached hydrogen (secondary N) is 2. The van der Waals surface area contributed by atoms with Crippen LogP contribution in [0.25, 0.3) is 0 Å². The minimum atomic E-state index is 0. The fourth-order valence-corrected chi connectivity index (χ4v) is 2.74. The average Bonchev–Trinajstić information content (AvgIpc) is 2.47. The molecule has 144 valence electrons. The molecule has 1 atom stereocenters. The van der Waals surface area contributed by atoms with Crippen molar-refractivity contribution in [3.63, 3.8) is 0 Å². The first-order chi connectivity index (χ1) is 10.8. The molecule has 0 spiro atoms. The normalized spacial score (nSPS) is 18.2. The second kappa shape index (κ2) is 12.3. The van der Waals surface area contributed by atoms with Gasteiger partial charge in [-0.2, -0.15) is 0 Å². The van der Waals surface area contributed by atoms with Crippen molar-refractivity contribution < 1.29 is 4.74 Å². The van der Waals surface area contributed by atoms with Gasteiger partial charge in [-0.1, -0.05) is 34.6 Å². The molecule has 1 fully saturated rings. The zero-order chi connectivity index (χ0) is 17.3. The third-order valence-corrected chi connectivity index (χ3v) is 4.23. The van der Waals surface area contributed by atoms with E-state index in [9.17, 15) is 0 Å². The lowest BCUT2D eigenvalue weighted by molar-refractivity contribution is 0.00867. The summed E-state index contributed by atoms with van der Waals surface area (Å²) < 4.78 is 5.48. The first kappa shape index (κ1) is 23.9. The van der Waals surface area contributed by atoms with Gasteiger partial charge in [0.25, 0.3) is 0 Å². The molecule has 6 heteroatoms. The van der Waals surface area contributed by atoms with Crippen molar-refractivity contribution in [1.29, 1.82) is 0 Å². The number of guanidine groups is 1. The highest BCUT2D eigenvalue weighted by molar-refractivity contribution is 14.0. The van der Waals surface area contributed by atoms with E-state index in [-0.39, 0.29) is 24.0 Å². The molecule has 1 saturated heterocycles. The summed E-state index contributed by atoms with van der Waals surface area (Å²) in [6, 6.07) is 0.483. The fraction of sp³-hybridized carbons (Fsp3) is 0.944. The lowest BCUT2D eigenvalue weighted by atomic mass is 9.92. The standard InChI is InChI=1S/C18H38N4O.HI/c1-7-19-17(20-9-8-18(4,5)6)21-14-16(15(2)3)22-10-12-23-13-11-22;/h15-16H,7-14H2,1-6H3,(H2,19,20,21);1H. The van der Waals surface area contributed by atoms with E-state index < -0.39 is 0 Å². The molecule has 0 saturated carbocycles. The van der Waals surface area contributed by atoms with Crippen molar-refractivity contribution >= 4 is 29.9 Å². The number of hydrogen-bond donors (Lipinski definition) is 2. The summed E-state index contributed by atoms with van der Waals surface area (Å²) >= 11 is 0. The Labute approximate surface area is 166 Å². The quantitative estimate of drug-likeness (QED) is 0.353. The number of ether oxygens (including phenoxy) is 1. The summed E-state index contributed by atoms with van der Waals surface area (Å²) in [6.07, 6.45) is 1.13. The van der Waals surface area contributed by atoms with Crippen LogP contribution >= 0.6 is 24.0 Å². The van der Waals surface area contributed by atoms with Gasteiger partial charge in [0.1, 0.15) is 0 Å². The van der Waals surface area contributed by atoms with Gasteiger partial charge in [0, 0.05) is 32.2 Å². The van der Waals surface area contributed by atoms with E-state index in [2.05, 4.69) is 57.1 Å². The summed E-state index contributed by atoms with van der Waals surface area (Å²) in [5.41, 5.74) is 0.346.